The summed E-state index contributed by atoms with van der Waals surface area (Å²) >= 11 is 0. The van der Waals surface area contributed by atoms with Gasteiger partial charge in [-0.1, -0.05) is 94.6 Å². The summed E-state index contributed by atoms with van der Waals surface area (Å²) in [7, 11) is 0. The standard InChI is InChI=1S/C21H21N.3C2H6/c1-16-4-10-19(11-5-16)22(20-12-6-17(2)7-13-20)21-14-8-18(3)9-15-21;3*1-2/h4-15H,1-3H3;3*1-2H3. The highest BCUT2D eigenvalue weighted by atomic mass is 15.1. The number of nitrogens with zero attached hydrogens (tertiary/aromatic N) is 1. The van der Waals surface area contributed by atoms with Gasteiger partial charge in [-0.3, -0.25) is 0 Å². The lowest BCUT2D eigenvalue weighted by atomic mass is 10.1. The fraction of sp³-hybridized carbons (Fsp3) is 0.333. The Balaban J connectivity index is 0.00000111. The van der Waals surface area contributed by atoms with Crippen LogP contribution in [0.3, 0.4) is 0 Å². The Hall–Kier alpha value is -2.54. The van der Waals surface area contributed by atoms with Crippen molar-refractivity contribution in [3.63, 3.8) is 0 Å². The van der Waals surface area contributed by atoms with Gasteiger partial charge in [-0.2, -0.15) is 0 Å². The van der Waals surface area contributed by atoms with Crippen LogP contribution in [0, 0.1) is 20.8 Å². The van der Waals surface area contributed by atoms with E-state index >= 15 is 0 Å². The zero-order valence-electron chi connectivity index (χ0n) is 19.4. The minimum absolute atomic E-state index is 1.18. The van der Waals surface area contributed by atoms with Crippen LogP contribution in [0.2, 0.25) is 0 Å². The van der Waals surface area contributed by atoms with Gasteiger partial charge in [0.25, 0.3) is 0 Å². The molecule has 0 fully saturated rings. The predicted octanol–water partition coefficient (Wildman–Crippen LogP) is 9.16. The van der Waals surface area contributed by atoms with Crippen molar-refractivity contribution in [1.82, 2.24) is 0 Å². The van der Waals surface area contributed by atoms with Gasteiger partial charge in [0.2, 0.25) is 0 Å². The second kappa shape index (κ2) is 14.5. The first-order chi connectivity index (χ1) is 13.6. The van der Waals surface area contributed by atoms with Crippen molar-refractivity contribution in [3.05, 3.63) is 89.5 Å². The molecule has 0 aliphatic heterocycles. The highest BCUT2D eigenvalue weighted by Crippen LogP contribution is 2.34. The summed E-state index contributed by atoms with van der Waals surface area (Å²) in [5.41, 5.74) is 7.36. The molecule has 0 saturated carbocycles. The molecule has 0 aliphatic carbocycles. The minimum Gasteiger partial charge on any atom is -0.311 e. The average Bonchev–Trinajstić information content (AvgIpc) is 2.77. The Morgan fingerprint density at radius 2 is 0.536 bits per heavy atom. The Morgan fingerprint density at radius 3 is 0.714 bits per heavy atom. The van der Waals surface area contributed by atoms with Crippen LogP contribution in [-0.2, 0) is 0 Å². The van der Waals surface area contributed by atoms with E-state index in [4.69, 9.17) is 0 Å². The molecule has 28 heavy (non-hydrogen) atoms. The van der Waals surface area contributed by atoms with Gasteiger partial charge in [0, 0.05) is 17.1 Å². The van der Waals surface area contributed by atoms with Gasteiger partial charge in [-0.15, -0.1) is 0 Å². The van der Waals surface area contributed by atoms with E-state index in [0.717, 1.165) is 0 Å². The molecule has 0 spiro atoms. The lowest BCUT2D eigenvalue weighted by Crippen LogP contribution is -2.09. The summed E-state index contributed by atoms with van der Waals surface area (Å²) < 4.78 is 0. The Bertz CT molecular complexity index is 630. The second-order valence-electron chi connectivity index (χ2n) is 5.84. The van der Waals surface area contributed by atoms with E-state index in [1.54, 1.807) is 0 Å². The molecule has 1 heteroatoms. The number of benzene rings is 3. The third-order valence-corrected chi connectivity index (χ3v) is 3.88. The summed E-state index contributed by atoms with van der Waals surface area (Å²) in [6, 6.07) is 26.0. The van der Waals surface area contributed by atoms with Crippen LogP contribution in [0.5, 0.6) is 0 Å². The quantitative estimate of drug-likeness (QED) is 0.439. The zero-order chi connectivity index (χ0) is 21.5. The maximum absolute atomic E-state index is 2.29. The highest BCUT2D eigenvalue weighted by Gasteiger charge is 2.11. The number of hydrogen-bond acceptors (Lipinski definition) is 1. The summed E-state index contributed by atoms with van der Waals surface area (Å²) in [5, 5.41) is 0. The van der Waals surface area contributed by atoms with Crippen molar-refractivity contribution in [2.45, 2.75) is 62.3 Å². The summed E-state index contributed by atoms with van der Waals surface area (Å²) in [6.07, 6.45) is 0. The molecule has 1 nitrogen and oxygen atoms in total. The predicted molar refractivity (Wildman–Crippen MR) is 129 cm³/mol. The SMILES string of the molecule is CC.CC.CC.Cc1ccc(N(c2ccc(C)cc2)c2ccc(C)cc2)cc1. The van der Waals surface area contributed by atoms with Crippen LogP contribution in [0.25, 0.3) is 0 Å². The molecule has 0 unspecified atom stereocenters. The third-order valence-electron chi connectivity index (χ3n) is 3.88. The molecule has 0 aliphatic rings. The molecule has 0 N–H and O–H groups in total. The highest BCUT2D eigenvalue weighted by molar-refractivity contribution is 5.76. The molecule has 0 amide bonds. The minimum atomic E-state index is 1.18. The van der Waals surface area contributed by atoms with Crippen molar-refractivity contribution >= 4 is 17.1 Å². The van der Waals surface area contributed by atoms with E-state index in [-0.39, 0.29) is 0 Å². The van der Waals surface area contributed by atoms with E-state index in [1.165, 1.54) is 33.8 Å². The third kappa shape index (κ3) is 7.60. The van der Waals surface area contributed by atoms with Crippen LogP contribution >= 0.6 is 0 Å². The fourth-order valence-corrected chi connectivity index (χ4v) is 2.53. The van der Waals surface area contributed by atoms with E-state index in [2.05, 4.69) is 98.5 Å². The van der Waals surface area contributed by atoms with Gasteiger partial charge < -0.3 is 4.90 Å². The number of aryl methyl sites for hydroxylation is 3. The molecule has 0 bridgehead atoms. The Labute approximate surface area is 174 Å². The molecule has 0 aromatic heterocycles. The number of rotatable bonds is 3. The van der Waals surface area contributed by atoms with Crippen LogP contribution in [0.4, 0.5) is 17.1 Å². The van der Waals surface area contributed by atoms with Gasteiger partial charge >= 0.3 is 0 Å². The maximum atomic E-state index is 2.29. The largest absolute Gasteiger partial charge is 0.311 e. The monoisotopic (exact) mass is 377 g/mol. The molecular formula is C27H39N. The van der Waals surface area contributed by atoms with Gasteiger partial charge in [0.1, 0.15) is 0 Å². The van der Waals surface area contributed by atoms with Gasteiger partial charge in [-0.05, 0) is 57.2 Å². The topological polar surface area (TPSA) is 3.24 Å². The summed E-state index contributed by atoms with van der Waals surface area (Å²) in [5.74, 6) is 0. The molecular weight excluding hydrogens is 338 g/mol. The van der Waals surface area contributed by atoms with Crippen molar-refractivity contribution in [2.24, 2.45) is 0 Å². The molecule has 3 aromatic carbocycles. The first-order valence-corrected chi connectivity index (χ1v) is 10.6. The van der Waals surface area contributed by atoms with Crippen molar-refractivity contribution in [1.29, 1.82) is 0 Å². The first kappa shape index (κ1) is 25.5. The average molecular weight is 378 g/mol. The number of anilines is 3. The Kier molecular flexibility index (Phi) is 13.2. The number of hydrogen-bond donors (Lipinski definition) is 0. The zero-order valence-corrected chi connectivity index (χ0v) is 19.4. The molecule has 152 valence electrons. The van der Waals surface area contributed by atoms with E-state index in [9.17, 15) is 0 Å². The van der Waals surface area contributed by atoms with Gasteiger partial charge in [0.15, 0.2) is 0 Å². The van der Waals surface area contributed by atoms with Crippen molar-refractivity contribution in [3.8, 4) is 0 Å². The summed E-state index contributed by atoms with van der Waals surface area (Å²) in [6.45, 7) is 18.4. The second-order valence-corrected chi connectivity index (χ2v) is 5.84. The smallest absolute Gasteiger partial charge is 0.0461 e. The van der Waals surface area contributed by atoms with Crippen LogP contribution in [0.1, 0.15) is 58.2 Å². The van der Waals surface area contributed by atoms with Crippen molar-refractivity contribution < 1.29 is 0 Å². The van der Waals surface area contributed by atoms with E-state index in [1.807, 2.05) is 41.5 Å². The molecule has 0 radical (unpaired) electrons. The maximum Gasteiger partial charge on any atom is 0.0461 e. The molecule has 3 aromatic rings. The lowest BCUT2D eigenvalue weighted by Gasteiger charge is -2.25. The fourth-order valence-electron chi connectivity index (χ4n) is 2.53. The normalized spacial score (nSPS) is 8.89. The van der Waals surface area contributed by atoms with E-state index < -0.39 is 0 Å². The lowest BCUT2D eigenvalue weighted by molar-refractivity contribution is 1.26. The van der Waals surface area contributed by atoms with Crippen LogP contribution < -0.4 is 4.90 Å². The van der Waals surface area contributed by atoms with E-state index in [0.29, 0.717) is 0 Å². The van der Waals surface area contributed by atoms with Crippen molar-refractivity contribution in [2.75, 3.05) is 4.90 Å². The Morgan fingerprint density at radius 1 is 0.357 bits per heavy atom. The van der Waals surface area contributed by atoms with Crippen LogP contribution in [-0.4, -0.2) is 0 Å². The molecule has 0 saturated heterocycles. The van der Waals surface area contributed by atoms with Crippen LogP contribution in [0.15, 0.2) is 72.8 Å². The molecule has 3 rings (SSSR count). The van der Waals surface area contributed by atoms with Gasteiger partial charge in [0.05, 0.1) is 0 Å². The first-order valence-electron chi connectivity index (χ1n) is 10.6. The molecule has 0 heterocycles. The van der Waals surface area contributed by atoms with Gasteiger partial charge in [-0.25, -0.2) is 0 Å². The molecule has 0 atom stereocenters. The summed E-state index contributed by atoms with van der Waals surface area (Å²) in [4.78, 5) is 2.29.